The number of methoxy groups -OCH3 is 1. The van der Waals surface area contributed by atoms with Crippen molar-refractivity contribution in [3.05, 3.63) is 12.2 Å². The molecule has 2 N–H and O–H groups in total. The number of aliphatic hydroxyl groups is 2. The Morgan fingerprint density at radius 2 is 0.971 bits per heavy atom. The van der Waals surface area contributed by atoms with Crippen LogP contribution in [0.5, 0.6) is 0 Å². The molecule has 0 heterocycles. The fourth-order valence-electron chi connectivity index (χ4n) is 2.44. The van der Waals surface area contributed by atoms with Gasteiger partial charge in [0.2, 0.25) is 0 Å². The minimum atomic E-state index is -0.524. The third-order valence-corrected chi connectivity index (χ3v) is 4.20. The molecule has 0 saturated heterocycles. The van der Waals surface area contributed by atoms with Crippen molar-refractivity contribution in [1.29, 1.82) is 0 Å². The van der Waals surface area contributed by atoms with Gasteiger partial charge in [-0.05, 0) is 0 Å². The first-order valence-corrected chi connectivity index (χ1v) is 11.8. The van der Waals surface area contributed by atoms with Gasteiger partial charge in [0.05, 0.1) is 126 Å². The van der Waals surface area contributed by atoms with Crippen molar-refractivity contribution < 1.29 is 57.6 Å². The number of carbonyl (C=O) groups excluding carboxylic acids is 1. The van der Waals surface area contributed by atoms with Gasteiger partial charge >= 0.3 is 5.97 Å². The Morgan fingerprint density at radius 1 is 0.629 bits per heavy atom. The van der Waals surface area contributed by atoms with E-state index in [-0.39, 0.29) is 31.8 Å². The summed E-state index contributed by atoms with van der Waals surface area (Å²) in [7, 11) is 1.28. The van der Waals surface area contributed by atoms with Crippen LogP contribution in [0.3, 0.4) is 0 Å². The number of rotatable bonds is 28. The predicted octanol–water partition coefficient (Wildman–Crippen LogP) is -0.408. The zero-order chi connectivity index (χ0) is 25.8. The highest BCUT2D eigenvalue weighted by Gasteiger charge is 2.15. The van der Waals surface area contributed by atoms with Crippen molar-refractivity contribution in [2.75, 3.05) is 119 Å². The molecule has 1 unspecified atom stereocenters. The van der Waals surface area contributed by atoms with Gasteiger partial charge in [0, 0.05) is 12.0 Å². The van der Waals surface area contributed by atoms with Crippen molar-refractivity contribution in [3.63, 3.8) is 0 Å². The molecule has 0 amide bonds. The van der Waals surface area contributed by atoms with E-state index in [0.717, 1.165) is 0 Å². The SMILES string of the molecule is C=C(CC(CO)OCCOCCOCCOCCOCCOCCOCCOCCO)C(=O)OC. The molecular formula is C23H44O12. The van der Waals surface area contributed by atoms with Crippen molar-refractivity contribution in [2.24, 2.45) is 0 Å². The van der Waals surface area contributed by atoms with E-state index in [1.165, 1.54) is 7.11 Å². The van der Waals surface area contributed by atoms with Gasteiger partial charge in [-0.1, -0.05) is 6.58 Å². The van der Waals surface area contributed by atoms with Crippen LogP contribution < -0.4 is 0 Å². The van der Waals surface area contributed by atoms with Crippen LogP contribution in [0, 0.1) is 0 Å². The van der Waals surface area contributed by atoms with E-state index >= 15 is 0 Å². The number of hydrogen-bond donors (Lipinski definition) is 2. The number of esters is 1. The van der Waals surface area contributed by atoms with Crippen LogP contribution in [0.1, 0.15) is 6.42 Å². The third kappa shape index (κ3) is 24.3. The Morgan fingerprint density at radius 3 is 1.29 bits per heavy atom. The van der Waals surface area contributed by atoms with Crippen molar-refractivity contribution >= 4 is 5.97 Å². The van der Waals surface area contributed by atoms with Crippen molar-refractivity contribution in [3.8, 4) is 0 Å². The molecule has 0 aromatic carbocycles. The second-order valence-electron chi connectivity index (χ2n) is 6.98. The van der Waals surface area contributed by atoms with E-state index in [2.05, 4.69) is 11.3 Å². The number of ether oxygens (including phenoxy) is 9. The third-order valence-electron chi connectivity index (χ3n) is 4.20. The smallest absolute Gasteiger partial charge is 0.333 e. The molecule has 0 bridgehead atoms. The summed E-state index contributed by atoms with van der Waals surface area (Å²) in [4.78, 5) is 11.3. The number of aliphatic hydroxyl groups excluding tert-OH is 2. The number of carbonyl (C=O) groups is 1. The van der Waals surface area contributed by atoms with Crippen LogP contribution >= 0.6 is 0 Å². The highest BCUT2D eigenvalue weighted by molar-refractivity contribution is 5.87. The van der Waals surface area contributed by atoms with Gasteiger partial charge in [-0.15, -0.1) is 0 Å². The Balaban J connectivity index is 3.24. The van der Waals surface area contributed by atoms with Gasteiger partial charge in [0.1, 0.15) is 0 Å². The molecule has 0 aromatic rings. The van der Waals surface area contributed by atoms with Crippen LogP contribution in [-0.4, -0.2) is 142 Å². The summed E-state index contributed by atoms with van der Waals surface area (Å²) >= 11 is 0. The van der Waals surface area contributed by atoms with Crippen LogP contribution in [0.2, 0.25) is 0 Å². The van der Waals surface area contributed by atoms with Gasteiger partial charge in [0.15, 0.2) is 0 Å². The Kier molecular flexibility index (Phi) is 26.5. The van der Waals surface area contributed by atoms with E-state index < -0.39 is 12.1 Å². The summed E-state index contributed by atoms with van der Waals surface area (Å²) in [6.45, 7) is 9.96. The molecule has 0 aliphatic heterocycles. The summed E-state index contributed by atoms with van der Waals surface area (Å²) in [6.07, 6.45) is -0.325. The van der Waals surface area contributed by atoms with E-state index in [4.69, 9.17) is 43.0 Å². The lowest BCUT2D eigenvalue weighted by molar-refractivity contribution is -0.136. The zero-order valence-electron chi connectivity index (χ0n) is 21.0. The highest BCUT2D eigenvalue weighted by Crippen LogP contribution is 2.08. The molecule has 0 aliphatic rings. The Labute approximate surface area is 208 Å². The van der Waals surface area contributed by atoms with Gasteiger partial charge in [0.25, 0.3) is 0 Å². The second kappa shape index (κ2) is 27.4. The van der Waals surface area contributed by atoms with E-state index in [1.807, 2.05) is 0 Å². The van der Waals surface area contributed by atoms with Crippen LogP contribution in [0.25, 0.3) is 0 Å². The van der Waals surface area contributed by atoms with Crippen molar-refractivity contribution in [2.45, 2.75) is 12.5 Å². The first kappa shape index (κ1) is 33.8. The normalized spacial score (nSPS) is 12.1. The monoisotopic (exact) mass is 512 g/mol. The number of hydrogen-bond acceptors (Lipinski definition) is 12. The fourth-order valence-corrected chi connectivity index (χ4v) is 2.44. The first-order chi connectivity index (χ1) is 17.2. The summed E-state index contributed by atoms with van der Waals surface area (Å²) in [5, 5.41) is 17.8. The fraction of sp³-hybridized carbons (Fsp3) is 0.870. The molecule has 208 valence electrons. The molecule has 12 heteroatoms. The minimum Gasteiger partial charge on any atom is -0.466 e. The lowest BCUT2D eigenvalue weighted by atomic mass is 10.1. The molecular weight excluding hydrogens is 468 g/mol. The largest absolute Gasteiger partial charge is 0.466 e. The molecule has 0 spiro atoms. The summed E-state index contributed by atoms with van der Waals surface area (Å²) in [5.41, 5.74) is 0.249. The molecule has 0 fully saturated rings. The lowest BCUT2D eigenvalue weighted by Crippen LogP contribution is -2.23. The minimum absolute atomic E-state index is 0.0178. The summed E-state index contributed by atoms with van der Waals surface area (Å²) < 4.78 is 47.4. The predicted molar refractivity (Wildman–Crippen MR) is 125 cm³/mol. The first-order valence-electron chi connectivity index (χ1n) is 11.8. The van der Waals surface area contributed by atoms with Crippen LogP contribution in [-0.2, 0) is 47.4 Å². The molecule has 0 radical (unpaired) electrons. The molecule has 12 nitrogen and oxygen atoms in total. The van der Waals surface area contributed by atoms with Gasteiger partial charge in [-0.2, -0.15) is 0 Å². The maximum absolute atomic E-state index is 11.3. The van der Waals surface area contributed by atoms with E-state index in [9.17, 15) is 9.90 Å². The van der Waals surface area contributed by atoms with E-state index in [1.54, 1.807) is 0 Å². The van der Waals surface area contributed by atoms with Gasteiger partial charge in [-0.3, -0.25) is 0 Å². The summed E-state index contributed by atoms with van der Waals surface area (Å²) in [5.74, 6) is -0.515. The zero-order valence-corrected chi connectivity index (χ0v) is 21.0. The van der Waals surface area contributed by atoms with Crippen LogP contribution in [0.15, 0.2) is 12.2 Å². The molecule has 0 aromatic heterocycles. The Hall–Kier alpha value is -1.19. The molecule has 0 saturated carbocycles. The topological polar surface area (TPSA) is 141 Å². The quantitative estimate of drug-likeness (QED) is 0.0800. The van der Waals surface area contributed by atoms with E-state index in [0.29, 0.717) is 92.5 Å². The second-order valence-corrected chi connectivity index (χ2v) is 6.98. The Bertz CT molecular complexity index is 477. The van der Waals surface area contributed by atoms with Gasteiger partial charge < -0.3 is 52.8 Å². The summed E-state index contributed by atoms with van der Waals surface area (Å²) in [6, 6.07) is 0. The molecule has 1 atom stereocenters. The molecule has 0 aliphatic carbocycles. The van der Waals surface area contributed by atoms with Gasteiger partial charge in [-0.25, -0.2) is 4.79 Å². The molecule has 0 rings (SSSR count). The van der Waals surface area contributed by atoms with Crippen LogP contribution in [0.4, 0.5) is 0 Å². The maximum Gasteiger partial charge on any atom is 0.333 e. The van der Waals surface area contributed by atoms with Crippen molar-refractivity contribution in [1.82, 2.24) is 0 Å². The average molecular weight is 513 g/mol. The average Bonchev–Trinajstić information content (AvgIpc) is 2.87. The highest BCUT2D eigenvalue weighted by atomic mass is 16.6. The standard InChI is InChI=1S/C23H44O12/c1-21(23(26)27-2)19-22(20-25)35-18-17-34-16-15-33-14-13-32-12-11-31-10-9-30-8-7-29-6-5-28-4-3-24/h22,24-25H,1,3-20H2,2H3. The lowest BCUT2D eigenvalue weighted by Gasteiger charge is -2.16. The molecule has 35 heavy (non-hydrogen) atoms. The maximum atomic E-state index is 11.3.